The van der Waals surface area contributed by atoms with Crippen molar-refractivity contribution in [1.29, 1.82) is 0 Å². The van der Waals surface area contributed by atoms with Gasteiger partial charge < -0.3 is 45.2 Å². The summed E-state index contributed by atoms with van der Waals surface area (Å²) in [6.45, 7) is 0.984. The first-order valence-corrected chi connectivity index (χ1v) is 12.4. The third-order valence-corrected chi connectivity index (χ3v) is 6.71. The number of aromatic nitrogens is 1. The first-order chi connectivity index (χ1) is 18.1. The van der Waals surface area contributed by atoms with Crippen LogP contribution in [0.2, 0.25) is 0 Å². The number of aliphatic hydroxyl groups is 3. The minimum Gasteiger partial charge on any atom is -0.492 e. The number of nitrogens with one attached hydrogen (secondary N) is 1. The molecule has 0 radical (unpaired) electrons. The summed E-state index contributed by atoms with van der Waals surface area (Å²) in [5, 5.41) is 48.3. The van der Waals surface area contributed by atoms with Gasteiger partial charge in [0, 0.05) is 13.2 Å². The zero-order valence-electron chi connectivity index (χ0n) is 20.3. The Labute approximate surface area is 222 Å². The SMILES string of the molecule is CN(CCOc1ccc(CC(SC(=O)N[C@@H]2O[C@H](C(=O)O)[C@@H](O)[C@H](O)[C@H]2O)C(=O)O)cc1)c1ccccn1. The quantitative estimate of drug-likeness (QED) is 0.217. The monoisotopic (exact) mass is 551 g/mol. The van der Waals surface area contributed by atoms with Crippen molar-refractivity contribution in [2.75, 3.05) is 25.1 Å². The number of carbonyl (C=O) groups excluding carboxylic acids is 1. The topological polar surface area (TPSA) is 199 Å². The molecule has 1 saturated heterocycles. The number of nitrogens with zero attached hydrogens (tertiary/aromatic N) is 2. The number of amides is 1. The van der Waals surface area contributed by atoms with E-state index in [1.165, 1.54) is 0 Å². The third kappa shape index (κ3) is 7.79. The Bertz CT molecular complexity index is 1090. The van der Waals surface area contributed by atoms with Crippen LogP contribution in [0.15, 0.2) is 48.7 Å². The lowest BCUT2D eigenvalue weighted by molar-refractivity contribution is -0.230. The molecule has 0 saturated carbocycles. The molecule has 206 valence electrons. The van der Waals surface area contributed by atoms with Gasteiger partial charge in [0.25, 0.3) is 5.24 Å². The highest BCUT2D eigenvalue weighted by molar-refractivity contribution is 8.14. The number of anilines is 1. The maximum Gasteiger partial charge on any atom is 0.335 e. The van der Waals surface area contributed by atoms with Gasteiger partial charge in [-0.3, -0.25) is 9.59 Å². The van der Waals surface area contributed by atoms with Crippen LogP contribution in [0, 0.1) is 0 Å². The number of thioether (sulfide) groups is 1. The summed E-state index contributed by atoms with van der Waals surface area (Å²) in [5.74, 6) is -1.48. The maximum atomic E-state index is 12.4. The fourth-order valence-electron chi connectivity index (χ4n) is 3.59. The number of hydrogen-bond acceptors (Lipinski definition) is 11. The van der Waals surface area contributed by atoms with Gasteiger partial charge >= 0.3 is 11.9 Å². The highest BCUT2D eigenvalue weighted by Gasteiger charge is 2.47. The van der Waals surface area contributed by atoms with Crippen LogP contribution in [-0.2, 0) is 20.7 Å². The van der Waals surface area contributed by atoms with Crippen molar-refractivity contribution in [2.24, 2.45) is 0 Å². The van der Waals surface area contributed by atoms with Crippen LogP contribution < -0.4 is 15.0 Å². The number of hydrogen-bond donors (Lipinski definition) is 6. The zero-order chi connectivity index (χ0) is 27.8. The van der Waals surface area contributed by atoms with Crippen LogP contribution in [0.25, 0.3) is 0 Å². The van der Waals surface area contributed by atoms with Gasteiger partial charge in [0.15, 0.2) is 12.3 Å². The van der Waals surface area contributed by atoms with Gasteiger partial charge in [0.1, 0.15) is 41.7 Å². The number of ether oxygens (including phenoxy) is 2. The number of carboxylic acids is 2. The number of pyridine rings is 1. The van der Waals surface area contributed by atoms with Gasteiger partial charge in [-0.1, -0.05) is 18.2 Å². The minimum atomic E-state index is -1.91. The van der Waals surface area contributed by atoms with E-state index in [1.54, 1.807) is 30.5 Å². The summed E-state index contributed by atoms with van der Waals surface area (Å²) in [4.78, 5) is 41.6. The molecule has 13 nitrogen and oxygen atoms in total. The lowest BCUT2D eigenvalue weighted by atomic mass is 9.98. The van der Waals surface area contributed by atoms with Crippen LogP contribution >= 0.6 is 11.8 Å². The molecule has 0 spiro atoms. The Balaban J connectivity index is 1.51. The molecule has 1 amide bonds. The van der Waals surface area contributed by atoms with Crippen LogP contribution in [-0.4, -0.2) is 104 Å². The average molecular weight is 552 g/mol. The lowest BCUT2D eigenvalue weighted by Crippen LogP contribution is -2.63. The van der Waals surface area contributed by atoms with Crippen LogP contribution in [0.4, 0.5) is 10.6 Å². The van der Waals surface area contributed by atoms with E-state index < -0.39 is 53.1 Å². The van der Waals surface area contributed by atoms with Crippen molar-refractivity contribution < 1.29 is 49.4 Å². The van der Waals surface area contributed by atoms with Crippen molar-refractivity contribution in [3.05, 3.63) is 54.2 Å². The number of likely N-dealkylation sites (N-methyl/N-ethyl adjacent to an activating group) is 1. The van der Waals surface area contributed by atoms with Gasteiger partial charge in [0.05, 0.1) is 6.54 Å². The zero-order valence-corrected chi connectivity index (χ0v) is 21.1. The van der Waals surface area contributed by atoms with Gasteiger partial charge in [-0.05, 0) is 48.0 Å². The summed E-state index contributed by atoms with van der Waals surface area (Å²) in [6.07, 6.45) is -7.52. The van der Waals surface area contributed by atoms with Gasteiger partial charge in [-0.2, -0.15) is 0 Å². The van der Waals surface area contributed by atoms with Crippen LogP contribution in [0.3, 0.4) is 0 Å². The molecule has 1 aromatic carbocycles. The van der Waals surface area contributed by atoms with E-state index in [9.17, 15) is 34.8 Å². The Kier molecular flexibility index (Phi) is 10.3. The van der Waals surface area contributed by atoms with E-state index >= 15 is 0 Å². The van der Waals surface area contributed by atoms with E-state index in [0.717, 1.165) is 5.82 Å². The molecule has 1 unspecified atom stereocenters. The number of carbonyl (C=O) groups is 3. The highest BCUT2D eigenvalue weighted by Crippen LogP contribution is 2.24. The second kappa shape index (κ2) is 13.4. The fraction of sp³-hybridized carbons (Fsp3) is 0.417. The number of benzene rings is 1. The van der Waals surface area contributed by atoms with Crippen LogP contribution in [0.1, 0.15) is 5.56 Å². The molecule has 6 atom stereocenters. The van der Waals surface area contributed by atoms with E-state index in [2.05, 4.69) is 10.3 Å². The first-order valence-electron chi connectivity index (χ1n) is 11.5. The highest BCUT2D eigenvalue weighted by atomic mass is 32.2. The molecule has 1 fully saturated rings. The molecule has 1 aliphatic heterocycles. The molecule has 1 aromatic heterocycles. The number of aliphatic hydroxyl groups excluding tert-OH is 3. The Morgan fingerprint density at radius 2 is 1.79 bits per heavy atom. The second-order valence-corrected chi connectivity index (χ2v) is 9.65. The number of carboxylic acid groups (broad SMARTS) is 2. The normalized spacial score (nSPS) is 23.7. The Morgan fingerprint density at radius 3 is 2.39 bits per heavy atom. The largest absolute Gasteiger partial charge is 0.492 e. The number of rotatable bonds is 11. The van der Waals surface area contributed by atoms with Gasteiger partial charge in [0.2, 0.25) is 0 Å². The Hall–Kier alpha value is -3.43. The maximum absolute atomic E-state index is 12.4. The molecule has 2 heterocycles. The molecule has 1 aliphatic rings. The van der Waals surface area contributed by atoms with Gasteiger partial charge in [-0.25, -0.2) is 9.78 Å². The fourth-order valence-corrected chi connectivity index (χ4v) is 4.41. The van der Waals surface area contributed by atoms with Crippen molar-refractivity contribution in [3.8, 4) is 5.75 Å². The number of aliphatic carboxylic acids is 2. The molecule has 0 bridgehead atoms. The van der Waals surface area contributed by atoms with Crippen molar-refractivity contribution >= 4 is 34.8 Å². The summed E-state index contributed by atoms with van der Waals surface area (Å²) in [6, 6.07) is 12.3. The van der Waals surface area contributed by atoms with Crippen molar-refractivity contribution in [3.63, 3.8) is 0 Å². The van der Waals surface area contributed by atoms with E-state index in [1.807, 2.05) is 30.1 Å². The predicted molar refractivity (Wildman–Crippen MR) is 135 cm³/mol. The molecule has 6 N–H and O–H groups in total. The van der Waals surface area contributed by atoms with Crippen molar-refractivity contribution in [1.82, 2.24) is 10.3 Å². The van der Waals surface area contributed by atoms with Crippen molar-refractivity contribution in [2.45, 2.75) is 42.3 Å². The third-order valence-electron chi connectivity index (χ3n) is 5.72. The lowest BCUT2D eigenvalue weighted by Gasteiger charge is -2.38. The van der Waals surface area contributed by atoms with E-state index in [4.69, 9.17) is 14.6 Å². The Morgan fingerprint density at radius 1 is 1.08 bits per heavy atom. The van der Waals surface area contributed by atoms with Gasteiger partial charge in [-0.15, -0.1) is 0 Å². The molecule has 38 heavy (non-hydrogen) atoms. The predicted octanol–water partition coefficient (Wildman–Crippen LogP) is -0.0725. The molecule has 3 rings (SSSR count). The molecular formula is C24H29N3O10S. The molecule has 14 heteroatoms. The summed E-state index contributed by atoms with van der Waals surface area (Å²) in [5.41, 5.74) is 0.620. The smallest absolute Gasteiger partial charge is 0.335 e. The summed E-state index contributed by atoms with van der Waals surface area (Å²) < 4.78 is 10.7. The van der Waals surface area contributed by atoms with E-state index in [0.29, 0.717) is 36.2 Å². The standard InChI is InChI=1S/C24H29N3O10S/c1-27(16-4-2-3-9-25-16)10-11-36-14-7-5-13(6-8-14)12-15(22(31)32)38-24(35)26-21-19(30)17(28)18(29)20(37-21)23(33)34/h2-9,15,17-21,28-30H,10-12H2,1H3,(H,26,35)(H,31,32)(H,33,34)/t15?,17-,18-,19+,20-,21+/m0/s1. The summed E-state index contributed by atoms with van der Waals surface area (Å²) >= 11 is 0.399. The average Bonchev–Trinajstić information content (AvgIpc) is 2.89. The van der Waals surface area contributed by atoms with E-state index in [-0.39, 0.29) is 6.42 Å². The first kappa shape index (κ1) is 29.1. The summed E-state index contributed by atoms with van der Waals surface area (Å²) in [7, 11) is 1.89. The van der Waals surface area contributed by atoms with Crippen LogP contribution in [0.5, 0.6) is 5.75 Å². The molecule has 2 aromatic rings. The molecular weight excluding hydrogens is 522 g/mol. The molecule has 0 aliphatic carbocycles. The minimum absolute atomic E-state index is 0.0245. The second-order valence-electron chi connectivity index (χ2n) is 8.47.